The predicted octanol–water partition coefficient (Wildman–Crippen LogP) is 11.8. The van der Waals surface area contributed by atoms with E-state index >= 15 is 0 Å². The zero-order valence-corrected chi connectivity index (χ0v) is 24.4. The highest BCUT2D eigenvalue weighted by Gasteiger charge is 2.41. The lowest BCUT2D eigenvalue weighted by atomic mass is 9.58. The van der Waals surface area contributed by atoms with E-state index in [1.165, 1.54) is 19.0 Å². The Morgan fingerprint density at radius 2 is 1.52 bits per heavy atom. The Hall–Kier alpha value is -3.65. The number of rotatable bonds is 2. The second-order valence-corrected chi connectivity index (χ2v) is 13.7. The molecule has 0 atom stereocenters. The molecule has 0 aliphatic heterocycles. The van der Waals surface area contributed by atoms with Crippen LogP contribution in [-0.2, 0) is 0 Å². The van der Waals surface area contributed by atoms with Gasteiger partial charge in [0.25, 0.3) is 0 Å². The van der Waals surface area contributed by atoms with Gasteiger partial charge in [0, 0.05) is 37.5 Å². The monoisotopic (exact) mass is 558 g/mol. The summed E-state index contributed by atoms with van der Waals surface area (Å²) in [6, 6.07) is 21.3. The predicted molar refractivity (Wildman–Crippen MR) is 177 cm³/mol. The third kappa shape index (κ3) is 4.09. The molecule has 0 bridgehead atoms. The Kier molecular flexibility index (Phi) is 4.38. The lowest BCUT2D eigenvalue weighted by molar-refractivity contribution is 0.0584. The van der Waals surface area contributed by atoms with E-state index in [9.17, 15) is 1.37 Å². The first-order valence-electron chi connectivity index (χ1n) is 18.9. The van der Waals surface area contributed by atoms with Gasteiger partial charge in [-0.05, 0) is 133 Å². The molecule has 0 unspecified atom stereocenters. The summed E-state index contributed by atoms with van der Waals surface area (Å²) < 4.78 is 67.0. The molecule has 2 saturated carbocycles. The van der Waals surface area contributed by atoms with Crippen LogP contribution >= 0.6 is 0 Å². The molecule has 0 amide bonds. The number of benzene rings is 4. The largest absolute Gasteiger partial charge is 0.455 e. The molecule has 2 aromatic heterocycles. The molecule has 2 fully saturated rings. The van der Waals surface area contributed by atoms with Crippen LogP contribution in [-0.4, -0.2) is 4.98 Å². The molecule has 4 aromatic carbocycles. The van der Waals surface area contributed by atoms with Crippen molar-refractivity contribution >= 4 is 43.5 Å². The molecular formula is C40H41NO. The highest BCUT2D eigenvalue weighted by atomic mass is 16.3. The van der Waals surface area contributed by atoms with E-state index in [0.717, 1.165) is 47.2 Å². The van der Waals surface area contributed by atoms with Crippen LogP contribution < -0.4 is 0 Å². The number of fused-ring (bicyclic) bond motifs is 7. The van der Waals surface area contributed by atoms with Gasteiger partial charge in [0.2, 0.25) is 0 Å². The van der Waals surface area contributed by atoms with E-state index in [1.54, 1.807) is 18.2 Å². The maximum atomic E-state index is 9.78. The number of pyridine rings is 1. The topological polar surface area (TPSA) is 26.0 Å². The summed E-state index contributed by atoms with van der Waals surface area (Å²) in [4.78, 5) is 4.68. The van der Waals surface area contributed by atoms with Crippen molar-refractivity contribution in [2.45, 2.75) is 84.8 Å². The molecule has 1 spiro atoms. The van der Waals surface area contributed by atoms with Gasteiger partial charge in [0.1, 0.15) is 11.2 Å². The van der Waals surface area contributed by atoms with Gasteiger partial charge in [0.15, 0.2) is 0 Å². The molecule has 2 nitrogen and oxygen atoms in total. The van der Waals surface area contributed by atoms with Crippen molar-refractivity contribution in [2.24, 2.45) is 10.8 Å². The third-order valence-corrected chi connectivity index (χ3v) is 10.6. The quantitative estimate of drug-likeness (QED) is 0.198. The van der Waals surface area contributed by atoms with Crippen molar-refractivity contribution in [3.8, 4) is 11.3 Å². The second kappa shape index (κ2) is 9.43. The summed E-state index contributed by atoms with van der Waals surface area (Å²) in [7, 11) is 0. The molecular weight excluding hydrogens is 510 g/mol. The number of hydrogen-bond donors (Lipinski definition) is 0. The number of aromatic nitrogens is 1. The second-order valence-electron chi connectivity index (χ2n) is 13.7. The Morgan fingerprint density at radius 3 is 2.33 bits per heavy atom. The standard InChI is InChI=1S/C40H41NO/c1-25-9-13-31(37-35(25)32-14-12-29-11-10-27-7-5-6-8-30(27)36(29)38(32)42-37)34-23-33(26(2)24-41-34)28-15-17-40(18-16-28)21-19-39(3,4)20-22-40/h5-14,23-24,28H,15-22H2,1-4H3/i1D3,2D3,28D. The van der Waals surface area contributed by atoms with Gasteiger partial charge >= 0.3 is 0 Å². The minimum Gasteiger partial charge on any atom is -0.455 e. The first kappa shape index (κ1) is 19.5. The highest BCUT2D eigenvalue weighted by molar-refractivity contribution is 6.24. The SMILES string of the molecule is [2H]C([2H])([2H])c1cnc(-c2ccc(C([2H])([2H])[2H])c3c2oc2c3ccc3ccc4ccccc4c32)cc1C1([2H])CCC2(CCC(C)(C)CC2)CC1. The fourth-order valence-corrected chi connectivity index (χ4v) is 7.83. The summed E-state index contributed by atoms with van der Waals surface area (Å²) in [5.41, 5.74) is 3.44. The summed E-state index contributed by atoms with van der Waals surface area (Å²) in [5, 5.41) is 5.17. The van der Waals surface area contributed by atoms with Crippen molar-refractivity contribution in [3.63, 3.8) is 0 Å². The van der Waals surface area contributed by atoms with Crippen LogP contribution in [0, 0.1) is 24.5 Å². The average molecular weight is 559 g/mol. The van der Waals surface area contributed by atoms with Crippen LogP contribution in [0.3, 0.4) is 0 Å². The number of hydrogen-bond acceptors (Lipinski definition) is 2. The Balaban J connectivity index is 1.31. The molecule has 212 valence electrons. The van der Waals surface area contributed by atoms with Crippen LogP contribution in [0.15, 0.2) is 77.3 Å². The van der Waals surface area contributed by atoms with Crippen molar-refractivity contribution in [1.29, 1.82) is 0 Å². The van der Waals surface area contributed by atoms with Crippen LogP contribution in [0.25, 0.3) is 54.7 Å². The lowest BCUT2D eigenvalue weighted by Crippen LogP contribution is -2.34. The van der Waals surface area contributed by atoms with Crippen molar-refractivity contribution in [3.05, 3.63) is 89.6 Å². The Bertz CT molecular complexity index is 2260. The molecule has 42 heavy (non-hydrogen) atoms. The molecule has 6 aromatic rings. The fraction of sp³-hybridized carbons (Fsp3) is 0.375. The molecule has 2 aliphatic carbocycles. The normalized spacial score (nSPS) is 22.8. The molecule has 2 heteroatoms. The number of nitrogens with zero attached hydrogens (tertiary/aromatic N) is 1. The number of aryl methyl sites for hydroxylation is 2. The molecule has 8 rings (SSSR count). The van der Waals surface area contributed by atoms with E-state index < -0.39 is 19.6 Å². The third-order valence-electron chi connectivity index (χ3n) is 10.6. The summed E-state index contributed by atoms with van der Waals surface area (Å²) in [6.07, 6.45) is 9.11. The van der Waals surface area contributed by atoms with E-state index in [0.29, 0.717) is 57.0 Å². The first-order chi connectivity index (χ1) is 23.1. The van der Waals surface area contributed by atoms with Crippen LogP contribution in [0.5, 0.6) is 0 Å². The van der Waals surface area contributed by atoms with E-state index in [2.05, 4.69) is 24.9 Å². The molecule has 0 radical (unpaired) electrons. The van der Waals surface area contributed by atoms with Gasteiger partial charge in [-0.1, -0.05) is 62.4 Å². The fourth-order valence-electron chi connectivity index (χ4n) is 7.83. The van der Waals surface area contributed by atoms with E-state index in [-0.39, 0.29) is 16.5 Å². The minimum absolute atomic E-state index is 0.115. The zero-order chi connectivity index (χ0) is 34.6. The van der Waals surface area contributed by atoms with E-state index in [1.807, 2.05) is 42.5 Å². The van der Waals surface area contributed by atoms with Gasteiger partial charge < -0.3 is 4.42 Å². The average Bonchev–Trinajstić information content (AvgIpc) is 3.45. The first-order valence-corrected chi connectivity index (χ1v) is 15.4. The van der Waals surface area contributed by atoms with Gasteiger partial charge in [-0.2, -0.15) is 0 Å². The van der Waals surface area contributed by atoms with Crippen LogP contribution in [0.1, 0.15) is 97.4 Å². The van der Waals surface area contributed by atoms with Crippen LogP contribution in [0.2, 0.25) is 0 Å². The lowest BCUT2D eigenvalue weighted by Gasteiger charge is -2.47. The van der Waals surface area contributed by atoms with Gasteiger partial charge in [-0.25, -0.2) is 0 Å². The van der Waals surface area contributed by atoms with Crippen molar-refractivity contribution in [1.82, 2.24) is 4.98 Å². The summed E-state index contributed by atoms with van der Waals surface area (Å²) >= 11 is 0. The van der Waals surface area contributed by atoms with Crippen molar-refractivity contribution < 1.29 is 14.0 Å². The molecule has 0 saturated heterocycles. The smallest absolute Gasteiger partial charge is 0.145 e. The minimum atomic E-state index is -2.43. The Labute approximate surface area is 259 Å². The maximum absolute atomic E-state index is 9.78. The molecule has 2 heterocycles. The summed E-state index contributed by atoms with van der Waals surface area (Å²) in [6.45, 7) is -0.152. The zero-order valence-electron chi connectivity index (χ0n) is 31.4. The van der Waals surface area contributed by atoms with Gasteiger partial charge in [0.05, 0.1) is 5.69 Å². The number of furan rings is 1. The van der Waals surface area contributed by atoms with Gasteiger partial charge in [-0.3, -0.25) is 4.98 Å². The van der Waals surface area contributed by atoms with E-state index in [4.69, 9.17) is 12.6 Å². The van der Waals surface area contributed by atoms with Crippen LogP contribution in [0.4, 0.5) is 0 Å². The Morgan fingerprint density at radius 1 is 0.762 bits per heavy atom. The highest BCUT2D eigenvalue weighted by Crippen LogP contribution is 2.55. The molecule has 2 aliphatic rings. The van der Waals surface area contributed by atoms with Gasteiger partial charge in [-0.15, -0.1) is 0 Å². The maximum Gasteiger partial charge on any atom is 0.145 e. The summed E-state index contributed by atoms with van der Waals surface area (Å²) in [5.74, 6) is -1.07. The molecule has 0 N–H and O–H groups in total. The van der Waals surface area contributed by atoms with Crippen molar-refractivity contribution in [2.75, 3.05) is 0 Å².